The summed E-state index contributed by atoms with van der Waals surface area (Å²) in [5.74, 6) is -0.297. The summed E-state index contributed by atoms with van der Waals surface area (Å²) in [6.07, 6.45) is 2.79. The predicted octanol–water partition coefficient (Wildman–Crippen LogP) is 1.39. The van der Waals surface area contributed by atoms with Gasteiger partial charge < -0.3 is 15.0 Å². The van der Waals surface area contributed by atoms with Crippen molar-refractivity contribution in [2.24, 2.45) is 0 Å². The summed E-state index contributed by atoms with van der Waals surface area (Å²) in [6.45, 7) is 8.28. The fourth-order valence-electron chi connectivity index (χ4n) is 2.79. The fraction of sp³-hybridized carbons (Fsp3) is 0.474. The Morgan fingerprint density at radius 2 is 2.04 bits per heavy atom. The molecule has 130 valence electrons. The number of aromatic nitrogens is 1. The summed E-state index contributed by atoms with van der Waals surface area (Å²) in [4.78, 5) is 17.0. The number of esters is 1. The molecule has 0 unspecified atom stereocenters. The van der Waals surface area contributed by atoms with Crippen LogP contribution >= 0.6 is 0 Å². The van der Waals surface area contributed by atoms with Gasteiger partial charge in [-0.1, -0.05) is 6.07 Å². The highest BCUT2D eigenvalue weighted by Crippen LogP contribution is 2.28. The fourth-order valence-corrected chi connectivity index (χ4v) is 2.79. The van der Waals surface area contributed by atoms with Gasteiger partial charge in [-0.05, 0) is 32.4 Å². The lowest BCUT2D eigenvalue weighted by atomic mass is 10.0. The van der Waals surface area contributed by atoms with Gasteiger partial charge in [0.05, 0.1) is 38.3 Å². The molecule has 0 saturated carbocycles. The van der Waals surface area contributed by atoms with Crippen LogP contribution in [0.2, 0.25) is 0 Å². The summed E-state index contributed by atoms with van der Waals surface area (Å²) < 4.78 is 5.21. The first-order chi connectivity index (χ1) is 11.5. The minimum Gasteiger partial charge on any atom is -0.462 e. The molecule has 0 aliphatic heterocycles. The maximum Gasteiger partial charge on any atom is 0.346 e. The lowest BCUT2D eigenvalue weighted by molar-refractivity contribution is -0.858. The number of carbonyl (C=O) groups is 1. The monoisotopic (exact) mass is 331 g/mol. The number of benzene rings is 1. The Labute approximate surface area is 144 Å². The first-order valence-electron chi connectivity index (χ1n) is 8.60. The highest BCUT2D eigenvalue weighted by atomic mass is 16.5. The van der Waals surface area contributed by atoms with Gasteiger partial charge in [-0.2, -0.15) is 0 Å². The first-order valence-corrected chi connectivity index (χ1v) is 8.60. The predicted molar refractivity (Wildman–Crippen MR) is 96.7 cm³/mol. The van der Waals surface area contributed by atoms with Crippen molar-refractivity contribution in [3.05, 3.63) is 35.0 Å². The first kappa shape index (κ1) is 18.2. The van der Waals surface area contributed by atoms with Gasteiger partial charge in [0.15, 0.2) is 6.20 Å². The van der Waals surface area contributed by atoms with Crippen LogP contribution in [0.25, 0.3) is 10.9 Å². The topological polar surface area (TPSA) is 56.9 Å². The van der Waals surface area contributed by atoms with E-state index in [0.29, 0.717) is 12.2 Å². The second-order valence-corrected chi connectivity index (χ2v) is 6.47. The molecule has 0 fully saturated rings. The number of hydrogen-bond donors (Lipinski definition) is 2. The third kappa shape index (κ3) is 4.03. The lowest BCUT2D eigenvalue weighted by Crippen LogP contribution is -3.05. The highest BCUT2D eigenvalue weighted by molar-refractivity contribution is 6.04. The molecule has 0 spiro atoms. The van der Waals surface area contributed by atoms with E-state index in [2.05, 4.69) is 50.4 Å². The van der Waals surface area contributed by atoms with E-state index in [0.717, 1.165) is 36.1 Å². The summed E-state index contributed by atoms with van der Waals surface area (Å²) in [5.41, 5.74) is 4.90. The summed E-state index contributed by atoms with van der Waals surface area (Å²) in [6, 6.07) is 4.16. The number of nitrogens with one attached hydrogen (secondary N) is 3. The van der Waals surface area contributed by atoms with Gasteiger partial charge in [-0.25, -0.2) is 9.78 Å². The van der Waals surface area contributed by atoms with E-state index in [1.807, 2.05) is 6.92 Å². The number of aryl methyl sites for hydroxylation is 2. The number of pyridine rings is 1. The Morgan fingerprint density at radius 1 is 1.29 bits per heavy atom. The minimum absolute atomic E-state index is 0.297. The van der Waals surface area contributed by atoms with E-state index in [9.17, 15) is 4.79 Å². The lowest BCUT2D eigenvalue weighted by Gasteiger charge is -2.13. The molecule has 1 heterocycles. The second kappa shape index (κ2) is 8.11. The van der Waals surface area contributed by atoms with E-state index < -0.39 is 0 Å². The Kier molecular flexibility index (Phi) is 6.15. The van der Waals surface area contributed by atoms with Crippen LogP contribution in [0.1, 0.15) is 34.8 Å². The van der Waals surface area contributed by atoms with Crippen LogP contribution in [-0.2, 0) is 4.74 Å². The van der Waals surface area contributed by atoms with Crippen LogP contribution in [-0.4, -0.2) is 39.8 Å². The minimum atomic E-state index is -0.297. The number of quaternary nitrogens is 1. The summed E-state index contributed by atoms with van der Waals surface area (Å²) in [5, 5.41) is 4.49. The number of carbonyl (C=O) groups excluding carboxylic acids is 1. The number of H-pyrrole nitrogens is 1. The van der Waals surface area contributed by atoms with E-state index >= 15 is 0 Å². The zero-order chi connectivity index (χ0) is 17.7. The van der Waals surface area contributed by atoms with E-state index in [1.165, 1.54) is 16.0 Å². The molecule has 2 aromatic rings. The molecule has 0 radical (unpaired) electrons. The molecule has 5 nitrogen and oxygen atoms in total. The zero-order valence-electron chi connectivity index (χ0n) is 15.4. The number of rotatable bonds is 7. The third-order valence-electron chi connectivity index (χ3n) is 4.29. The number of anilines is 1. The van der Waals surface area contributed by atoms with Crippen molar-refractivity contribution in [1.82, 2.24) is 0 Å². The summed E-state index contributed by atoms with van der Waals surface area (Å²) >= 11 is 0. The number of ether oxygens (including phenoxy) is 1. The standard InChI is InChI=1S/C19H27N3O2/c1-6-24-19(23)16-12-21-17-14(3)13(2)8-9-15(17)18(16)20-10-7-11-22(4)5/h8-9,12H,6-7,10-11H2,1-5H3,(H,20,21)/p+2. The smallest absolute Gasteiger partial charge is 0.346 e. The number of fused-ring (bicyclic) bond motifs is 1. The molecule has 0 bridgehead atoms. The Hall–Kier alpha value is -2.14. The van der Waals surface area contributed by atoms with Crippen LogP contribution in [0.4, 0.5) is 5.69 Å². The van der Waals surface area contributed by atoms with Gasteiger partial charge in [0.25, 0.3) is 0 Å². The zero-order valence-corrected chi connectivity index (χ0v) is 15.4. The molecule has 24 heavy (non-hydrogen) atoms. The largest absolute Gasteiger partial charge is 0.462 e. The number of aromatic amines is 1. The molecule has 2 rings (SSSR count). The van der Waals surface area contributed by atoms with Gasteiger partial charge in [0.1, 0.15) is 5.56 Å². The van der Waals surface area contributed by atoms with Crippen LogP contribution in [0.5, 0.6) is 0 Å². The SMILES string of the molecule is CCOC(=O)c1c[nH+]c2c(C)c(C)ccc2c1NCCC[NH+](C)C. The van der Waals surface area contributed by atoms with Crippen molar-refractivity contribution in [2.45, 2.75) is 27.2 Å². The van der Waals surface area contributed by atoms with Crippen LogP contribution in [0.15, 0.2) is 18.3 Å². The van der Waals surface area contributed by atoms with Crippen molar-refractivity contribution < 1.29 is 19.4 Å². The summed E-state index contributed by atoms with van der Waals surface area (Å²) in [7, 11) is 4.28. The molecule has 1 aromatic heterocycles. The van der Waals surface area contributed by atoms with Crippen molar-refractivity contribution in [1.29, 1.82) is 0 Å². The normalized spacial score (nSPS) is 11.1. The van der Waals surface area contributed by atoms with Crippen LogP contribution in [0.3, 0.4) is 0 Å². The molecule has 0 saturated heterocycles. The average Bonchev–Trinajstić information content (AvgIpc) is 2.54. The molecule has 1 aromatic carbocycles. The maximum absolute atomic E-state index is 12.3. The molecule has 0 atom stereocenters. The molecule has 0 amide bonds. The number of hydrogen-bond acceptors (Lipinski definition) is 3. The van der Waals surface area contributed by atoms with Gasteiger partial charge in [-0.15, -0.1) is 0 Å². The Balaban J connectivity index is 2.42. The van der Waals surface area contributed by atoms with Gasteiger partial charge in [-0.3, -0.25) is 0 Å². The molecule has 5 heteroatoms. The Bertz CT molecular complexity index is 726. The van der Waals surface area contributed by atoms with Gasteiger partial charge in [0, 0.05) is 18.5 Å². The maximum atomic E-state index is 12.3. The molecular formula is C19H29N3O2+2. The third-order valence-corrected chi connectivity index (χ3v) is 4.29. The highest BCUT2D eigenvalue weighted by Gasteiger charge is 2.21. The van der Waals surface area contributed by atoms with Crippen LogP contribution < -0.4 is 15.2 Å². The van der Waals surface area contributed by atoms with Crippen molar-refractivity contribution in [3.63, 3.8) is 0 Å². The second-order valence-electron chi connectivity index (χ2n) is 6.47. The van der Waals surface area contributed by atoms with Crippen molar-refractivity contribution in [3.8, 4) is 0 Å². The van der Waals surface area contributed by atoms with Gasteiger partial charge >= 0.3 is 5.97 Å². The molecule has 0 aliphatic rings. The van der Waals surface area contributed by atoms with E-state index in [1.54, 1.807) is 6.20 Å². The molecular weight excluding hydrogens is 302 g/mol. The van der Waals surface area contributed by atoms with Crippen LogP contribution in [0, 0.1) is 13.8 Å². The van der Waals surface area contributed by atoms with E-state index in [-0.39, 0.29) is 5.97 Å². The van der Waals surface area contributed by atoms with Gasteiger partial charge in [0.2, 0.25) is 5.52 Å². The quantitative estimate of drug-likeness (QED) is 0.595. The average molecular weight is 331 g/mol. The van der Waals surface area contributed by atoms with E-state index in [4.69, 9.17) is 4.74 Å². The van der Waals surface area contributed by atoms with Crippen molar-refractivity contribution in [2.75, 3.05) is 39.1 Å². The Morgan fingerprint density at radius 3 is 2.71 bits per heavy atom. The molecule has 3 N–H and O–H groups in total. The molecule has 0 aliphatic carbocycles. The van der Waals surface area contributed by atoms with Crippen molar-refractivity contribution >= 4 is 22.6 Å².